The van der Waals surface area contributed by atoms with Crippen LogP contribution >= 0.6 is 11.8 Å². The fraction of sp³-hybridized carbons (Fsp3) is 0.333. The molecule has 2 saturated heterocycles. The molecular formula is C21H20FN3O4S. The maximum Gasteiger partial charge on any atom is 0.273 e. The number of piperidine rings is 1. The van der Waals surface area contributed by atoms with Crippen molar-refractivity contribution in [3.63, 3.8) is 0 Å². The first-order chi connectivity index (χ1) is 14.3. The highest BCUT2D eigenvalue weighted by atomic mass is 32.2. The number of nitro benzene ring substituents is 1. The smallest absolute Gasteiger partial charge is 0.273 e. The van der Waals surface area contributed by atoms with E-state index in [1.54, 1.807) is 52.8 Å². The number of nitro groups is 1. The van der Waals surface area contributed by atoms with Crippen LogP contribution in [0.1, 0.15) is 28.8 Å². The number of aryl methyl sites for hydroxylation is 1. The van der Waals surface area contributed by atoms with E-state index in [0.29, 0.717) is 42.9 Å². The molecule has 0 unspecified atom stereocenters. The van der Waals surface area contributed by atoms with E-state index in [4.69, 9.17) is 0 Å². The van der Waals surface area contributed by atoms with Crippen LogP contribution in [0, 0.1) is 22.9 Å². The van der Waals surface area contributed by atoms with Crippen molar-refractivity contribution in [2.24, 2.45) is 0 Å². The number of hydrogen-bond donors (Lipinski definition) is 0. The predicted octanol–water partition coefficient (Wildman–Crippen LogP) is 3.75. The topological polar surface area (TPSA) is 83.8 Å². The van der Waals surface area contributed by atoms with Gasteiger partial charge in [-0.25, -0.2) is 4.39 Å². The quantitative estimate of drug-likeness (QED) is 0.548. The molecule has 7 nitrogen and oxygen atoms in total. The molecule has 0 aromatic heterocycles. The maximum atomic E-state index is 13.3. The van der Waals surface area contributed by atoms with E-state index in [0.717, 1.165) is 0 Å². The molecule has 2 aromatic carbocycles. The summed E-state index contributed by atoms with van der Waals surface area (Å²) >= 11 is 1.55. The molecule has 9 heteroatoms. The molecular weight excluding hydrogens is 409 g/mol. The van der Waals surface area contributed by atoms with Crippen molar-refractivity contribution in [1.82, 2.24) is 4.90 Å². The molecule has 2 aromatic rings. The highest BCUT2D eigenvalue weighted by Crippen LogP contribution is 2.46. The first kappa shape index (κ1) is 20.3. The highest BCUT2D eigenvalue weighted by Gasteiger charge is 2.49. The van der Waals surface area contributed by atoms with Crippen molar-refractivity contribution in [2.45, 2.75) is 24.6 Å². The molecule has 0 atom stereocenters. The Balaban J connectivity index is 1.52. The Morgan fingerprint density at radius 1 is 1.17 bits per heavy atom. The van der Waals surface area contributed by atoms with Crippen molar-refractivity contribution >= 4 is 35.0 Å². The monoisotopic (exact) mass is 429 g/mol. The standard InChI is InChI=1S/C21H20FN3O4S/c1-14-2-3-15(12-18(14)25(28)29)20(27)23-10-8-21(9-11-23)24(19(26)13-30-21)17-6-4-16(22)5-7-17/h2-7,12H,8-11,13H2,1H3. The van der Waals surface area contributed by atoms with Crippen molar-refractivity contribution in [1.29, 1.82) is 0 Å². The number of halogens is 1. The lowest BCUT2D eigenvalue weighted by molar-refractivity contribution is -0.385. The third kappa shape index (κ3) is 3.54. The molecule has 2 fully saturated rings. The van der Waals surface area contributed by atoms with Crippen LogP contribution in [-0.2, 0) is 4.79 Å². The number of likely N-dealkylation sites (tertiary alicyclic amines) is 1. The number of nitrogens with zero attached hydrogens (tertiary/aromatic N) is 3. The van der Waals surface area contributed by atoms with Gasteiger partial charge in [0.2, 0.25) is 5.91 Å². The largest absolute Gasteiger partial charge is 0.338 e. The van der Waals surface area contributed by atoms with Crippen LogP contribution < -0.4 is 4.90 Å². The molecule has 0 bridgehead atoms. The van der Waals surface area contributed by atoms with Gasteiger partial charge < -0.3 is 4.90 Å². The molecule has 2 amide bonds. The van der Waals surface area contributed by atoms with Crippen molar-refractivity contribution in [3.8, 4) is 0 Å². The summed E-state index contributed by atoms with van der Waals surface area (Å²) in [4.78, 5) is 39.1. The molecule has 1 spiro atoms. The van der Waals surface area contributed by atoms with E-state index < -0.39 is 9.79 Å². The van der Waals surface area contributed by atoms with Gasteiger partial charge in [0.1, 0.15) is 5.82 Å². The Labute approximate surface area is 177 Å². The third-order valence-electron chi connectivity index (χ3n) is 5.69. The molecule has 0 N–H and O–H groups in total. The van der Waals surface area contributed by atoms with Gasteiger partial charge in [0.25, 0.3) is 11.6 Å². The molecule has 156 valence electrons. The van der Waals surface area contributed by atoms with E-state index in [2.05, 4.69) is 0 Å². The van der Waals surface area contributed by atoms with E-state index in [1.807, 2.05) is 0 Å². The Morgan fingerprint density at radius 3 is 2.47 bits per heavy atom. The number of amides is 2. The molecule has 0 saturated carbocycles. The van der Waals surface area contributed by atoms with Crippen molar-refractivity contribution in [3.05, 3.63) is 69.5 Å². The lowest BCUT2D eigenvalue weighted by Crippen LogP contribution is -2.53. The summed E-state index contributed by atoms with van der Waals surface area (Å²) < 4.78 is 13.3. The van der Waals surface area contributed by atoms with Crippen LogP contribution in [0.5, 0.6) is 0 Å². The van der Waals surface area contributed by atoms with Gasteiger partial charge in [0.05, 0.1) is 15.5 Å². The Bertz CT molecular complexity index is 1020. The number of rotatable bonds is 3. The van der Waals surface area contributed by atoms with Gasteiger partial charge in [0, 0.05) is 36.0 Å². The first-order valence-corrected chi connectivity index (χ1v) is 10.6. The average molecular weight is 429 g/mol. The third-order valence-corrected chi connectivity index (χ3v) is 7.21. The van der Waals surface area contributed by atoms with E-state index >= 15 is 0 Å². The van der Waals surface area contributed by atoms with Crippen LogP contribution in [0.3, 0.4) is 0 Å². The Hall–Kier alpha value is -2.94. The van der Waals surface area contributed by atoms with E-state index in [1.165, 1.54) is 18.2 Å². The molecule has 0 radical (unpaired) electrons. The lowest BCUT2D eigenvalue weighted by atomic mass is 10.00. The zero-order valence-corrected chi connectivity index (χ0v) is 17.2. The fourth-order valence-corrected chi connectivity index (χ4v) is 5.40. The molecule has 2 aliphatic rings. The minimum Gasteiger partial charge on any atom is -0.338 e. The van der Waals surface area contributed by atoms with Gasteiger partial charge in [0.15, 0.2) is 0 Å². The second kappa shape index (κ2) is 7.71. The van der Waals surface area contributed by atoms with E-state index in [9.17, 15) is 24.1 Å². The first-order valence-electron chi connectivity index (χ1n) is 9.58. The number of anilines is 1. The summed E-state index contributed by atoms with van der Waals surface area (Å²) in [5.41, 5.74) is 1.37. The minimum atomic E-state index is -0.487. The van der Waals surface area contributed by atoms with Gasteiger partial charge in [-0.1, -0.05) is 6.07 Å². The summed E-state index contributed by atoms with van der Waals surface area (Å²) in [6.45, 7) is 2.49. The lowest BCUT2D eigenvalue weighted by Gasteiger charge is -2.44. The number of benzene rings is 2. The average Bonchev–Trinajstić information content (AvgIpc) is 3.04. The summed E-state index contributed by atoms with van der Waals surface area (Å²) in [6, 6.07) is 10.4. The second-order valence-corrected chi connectivity index (χ2v) is 8.83. The fourth-order valence-electron chi connectivity index (χ4n) is 4.07. The van der Waals surface area contributed by atoms with Crippen molar-refractivity contribution < 1.29 is 18.9 Å². The number of thioether (sulfide) groups is 1. The molecule has 4 rings (SSSR count). The van der Waals surface area contributed by atoms with Gasteiger partial charge in [-0.2, -0.15) is 0 Å². The van der Waals surface area contributed by atoms with Gasteiger partial charge in [-0.15, -0.1) is 11.8 Å². The van der Waals surface area contributed by atoms with Crippen LogP contribution in [0.4, 0.5) is 15.8 Å². The zero-order valence-electron chi connectivity index (χ0n) is 16.3. The Kier molecular flexibility index (Phi) is 5.23. The normalized spacial score (nSPS) is 18.1. The number of carbonyl (C=O) groups is 2. The second-order valence-electron chi connectivity index (χ2n) is 7.49. The highest BCUT2D eigenvalue weighted by molar-refractivity contribution is 8.02. The van der Waals surface area contributed by atoms with Crippen LogP contribution in [0.15, 0.2) is 42.5 Å². The van der Waals surface area contributed by atoms with E-state index in [-0.39, 0.29) is 28.9 Å². The summed E-state index contributed by atoms with van der Waals surface area (Å²) in [6.07, 6.45) is 1.14. The molecule has 2 heterocycles. The zero-order chi connectivity index (χ0) is 21.5. The summed E-state index contributed by atoms with van der Waals surface area (Å²) in [7, 11) is 0. The van der Waals surface area contributed by atoms with Crippen LogP contribution in [0.25, 0.3) is 0 Å². The van der Waals surface area contributed by atoms with Gasteiger partial charge in [-0.05, 0) is 50.1 Å². The Morgan fingerprint density at radius 2 is 1.83 bits per heavy atom. The molecule has 0 aliphatic carbocycles. The van der Waals surface area contributed by atoms with Gasteiger partial charge >= 0.3 is 0 Å². The van der Waals surface area contributed by atoms with Crippen LogP contribution in [0.2, 0.25) is 0 Å². The minimum absolute atomic E-state index is 0.0273. The summed E-state index contributed by atoms with van der Waals surface area (Å²) in [5, 5.41) is 11.2. The van der Waals surface area contributed by atoms with Crippen molar-refractivity contribution in [2.75, 3.05) is 23.7 Å². The van der Waals surface area contributed by atoms with Gasteiger partial charge in [-0.3, -0.25) is 24.6 Å². The summed E-state index contributed by atoms with van der Waals surface area (Å²) in [5.74, 6) is -0.300. The predicted molar refractivity (Wildman–Crippen MR) is 112 cm³/mol. The molecule has 30 heavy (non-hydrogen) atoms. The maximum absolute atomic E-state index is 13.3. The molecule has 2 aliphatic heterocycles. The SMILES string of the molecule is Cc1ccc(C(=O)N2CCC3(CC2)SCC(=O)N3c2ccc(F)cc2)cc1[N+](=O)[O-]. The number of hydrogen-bond acceptors (Lipinski definition) is 5. The number of carbonyl (C=O) groups excluding carboxylic acids is 2. The van der Waals surface area contributed by atoms with Crippen LogP contribution in [-0.4, -0.2) is 45.4 Å².